The minimum Gasteiger partial charge on any atom is -0.478 e. The number of carbonyl (C=O) groups is 2. The third-order valence-electron chi connectivity index (χ3n) is 4.26. The van der Waals surface area contributed by atoms with Gasteiger partial charge >= 0.3 is 12.1 Å². The van der Waals surface area contributed by atoms with Crippen molar-refractivity contribution in [1.82, 2.24) is 0 Å². The Balaban J connectivity index is 1.75. The third-order valence-corrected chi connectivity index (χ3v) is 4.26. The second-order valence-corrected chi connectivity index (χ2v) is 5.51. The number of carboxylic acids is 1. The largest absolute Gasteiger partial charge is 0.478 e. The Morgan fingerprint density at radius 2 is 1.80 bits per heavy atom. The van der Waals surface area contributed by atoms with Crippen molar-refractivity contribution < 1.29 is 19.4 Å². The zero-order valence-corrected chi connectivity index (χ0v) is 11.2. The Hall–Kier alpha value is -2.04. The van der Waals surface area contributed by atoms with Crippen molar-refractivity contribution in [2.75, 3.05) is 11.4 Å². The van der Waals surface area contributed by atoms with Gasteiger partial charge in [-0.05, 0) is 49.9 Å². The molecule has 1 aromatic rings. The molecule has 0 unspecified atom stereocenters. The number of carboxylic acid groups (broad SMARTS) is 1. The van der Waals surface area contributed by atoms with E-state index in [2.05, 4.69) is 0 Å². The van der Waals surface area contributed by atoms with Crippen LogP contribution in [-0.4, -0.2) is 29.3 Å². The van der Waals surface area contributed by atoms with Gasteiger partial charge in [0, 0.05) is 18.7 Å². The predicted octanol–water partition coefficient (Wildman–Crippen LogP) is 3.04. The van der Waals surface area contributed by atoms with E-state index in [0.29, 0.717) is 12.2 Å². The van der Waals surface area contributed by atoms with Crippen molar-refractivity contribution in [2.24, 2.45) is 0 Å². The SMILES string of the molecule is O=C(O)c1ccc(N2CCC3(CCCC3)OC2=O)cc1. The summed E-state index contributed by atoms with van der Waals surface area (Å²) in [6, 6.07) is 6.31. The predicted molar refractivity (Wildman–Crippen MR) is 73.0 cm³/mol. The Morgan fingerprint density at radius 1 is 1.15 bits per heavy atom. The second-order valence-electron chi connectivity index (χ2n) is 5.51. The van der Waals surface area contributed by atoms with E-state index in [9.17, 15) is 9.59 Å². The fourth-order valence-corrected chi connectivity index (χ4v) is 3.09. The highest BCUT2D eigenvalue weighted by Gasteiger charge is 2.42. The highest BCUT2D eigenvalue weighted by atomic mass is 16.6. The van der Waals surface area contributed by atoms with E-state index in [0.717, 1.165) is 32.1 Å². The molecule has 1 saturated carbocycles. The number of nitrogens with zero attached hydrogens (tertiary/aromatic N) is 1. The van der Waals surface area contributed by atoms with Gasteiger partial charge in [0.25, 0.3) is 0 Å². The molecule has 2 aliphatic rings. The van der Waals surface area contributed by atoms with Crippen LogP contribution < -0.4 is 4.90 Å². The molecular formula is C15H17NO4. The molecule has 0 radical (unpaired) electrons. The van der Waals surface area contributed by atoms with Crippen LogP contribution >= 0.6 is 0 Å². The molecule has 0 bridgehead atoms. The van der Waals surface area contributed by atoms with Gasteiger partial charge in [0.2, 0.25) is 0 Å². The molecule has 1 aliphatic heterocycles. The van der Waals surface area contributed by atoms with Crippen molar-refractivity contribution >= 4 is 17.7 Å². The Labute approximate surface area is 117 Å². The summed E-state index contributed by atoms with van der Waals surface area (Å²) in [5.41, 5.74) is 0.661. The van der Waals surface area contributed by atoms with Crippen LogP contribution in [0.1, 0.15) is 42.5 Å². The van der Waals surface area contributed by atoms with Gasteiger partial charge in [0.05, 0.1) is 5.56 Å². The van der Waals surface area contributed by atoms with Gasteiger partial charge in [-0.3, -0.25) is 4.90 Å². The van der Waals surface area contributed by atoms with Gasteiger partial charge < -0.3 is 9.84 Å². The summed E-state index contributed by atoms with van der Waals surface area (Å²) in [5, 5.41) is 8.87. The first-order chi connectivity index (χ1) is 9.60. The molecule has 20 heavy (non-hydrogen) atoms. The molecule has 1 N–H and O–H groups in total. The van der Waals surface area contributed by atoms with E-state index >= 15 is 0 Å². The molecular weight excluding hydrogens is 258 g/mol. The van der Waals surface area contributed by atoms with Crippen LogP contribution in [0.3, 0.4) is 0 Å². The molecule has 1 spiro atoms. The van der Waals surface area contributed by atoms with E-state index in [4.69, 9.17) is 9.84 Å². The lowest BCUT2D eigenvalue weighted by Gasteiger charge is -2.38. The van der Waals surface area contributed by atoms with E-state index < -0.39 is 5.97 Å². The number of ether oxygens (including phenoxy) is 1. The minimum absolute atomic E-state index is 0.214. The van der Waals surface area contributed by atoms with Gasteiger partial charge in [0.15, 0.2) is 0 Å². The molecule has 1 aliphatic carbocycles. The fourth-order valence-electron chi connectivity index (χ4n) is 3.09. The van der Waals surface area contributed by atoms with Crippen LogP contribution in [0.25, 0.3) is 0 Å². The van der Waals surface area contributed by atoms with Crippen LogP contribution in [-0.2, 0) is 4.74 Å². The van der Waals surface area contributed by atoms with E-state index in [-0.39, 0.29) is 17.3 Å². The second kappa shape index (κ2) is 4.81. The Morgan fingerprint density at radius 3 is 2.35 bits per heavy atom. The first kappa shape index (κ1) is 13.0. The summed E-state index contributed by atoms with van der Waals surface area (Å²) in [7, 11) is 0. The number of benzene rings is 1. The monoisotopic (exact) mass is 275 g/mol. The van der Waals surface area contributed by atoms with Crippen molar-refractivity contribution in [3.63, 3.8) is 0 Å². The van der Waals surface area contributed by atoms with Crippen LogP contribution in [0.15, 0.2) is 24.3 Å². The smallest absolute Gasteiger partial charge is 0.414 e. The molecule has 2 fully saturated rings. The maximum Gasteiger partial charge on any atom is 0.414 e. The number of hydrogen-bond donors (Lipinski definition) is 1. The summed E-state index contributed by atoms with van der Waals surface area (Å²) >= 11 is 0. The third kappa shape index (κ3) is 2.24. The first-order valence-electron chi connectivity index (χ1n) is 6.94. The van der Waals surface area contributed by atoms with Gasteiger partial charge in [-0.25, -0.2) is 9.59 Å². The maximum absolute atomic E-state index is 12.2. The number of carbonyl (C=O) groups excluding carboxylic acids is 1. The van der Waals surface area contributed by atoms with Crippen LogP contribution in [0.4, 0.5) is 10.5 Å². The molecule has 0 atom stereocenters. The lowest BCUT2D eigenvalue weighted by Crippen LogP contribution is -2.48. The summed E-state index contributed by atoms with van der Waals surface area (Å²) in [4.78, 5) is 24.6. The molecule has 1 saturated heterocycles. The van der Waals surface area contributed by atoms with Gasteiger partial charge in [-0.15, -0.1) is 0 Å². The highest BCUT2D eigenvalue weighted by molar-refractivity contribution is 5.91. The van der Waals surface area contributed by atoms with Crippen LogP contribution in [0, 0.1) is 0 Å². The van der Waals surface area contributed by atoms with Gasteiger partial charge in [0.1, 0.15) is 5.60 Å². The topological polar surface area (TPSA) is 66.8 Å². The average Bonchev–Trinajstić information content (AvgIpc) is 2.87. The number of hydrogen-bond acceptors (Lipinski definition) is 3. The lowest BCUT2D eigenvalue weighted by molar-refractivity contribution is 0.000543. The van der Waals surface area contributed by atoms with Crippen LogP contribution in [0.5, 0.6) is 0 Å². The normalized spacial score (nSPS) is 21.0. The van der Waals surface area contributed by atoms with E-state index in [1.165, 1.54) is 12.1 Å². The molecule has 1 amide bonds. The number of amides is 1. The number of anilines is 1. The minimum atomic E-state index is -0.970. The van der Waals surface area contributed by atoms with E-state index in [1.54, 1.807) is 17.0 Å². The number of aromatic carboxylic acids is 1. The summed E-state index contributed by atoms with van der Waals surface area (Å²) in [6.45, 7) is 0.630. The van der Waals surface area contributed by atoms with Crippen molar-refractivity contribution in [2.45, 2.75) is 37.7 Å². The molecule has 0 aromatic heterocycles. The fraction of sp³-hybridized carbons (Fsp3) is 0.467. The Kier molecular flexibility index (Phi) is 3.12. The number of rotatable bonds is 2. The van der Waals surface area contributed by atoms with E-state index in [1.807, 2.05) is 0 Å². The van der Waals surface area contributed by atoms with Crippen molar-refractivity contribution in [1.29, 1.82) is 0 Å². The summed E-state index contributed by atoms with van der Waals surface area (Å²) < 4.78 is 5.65. The quantitative estimate of drug-likeness (QED) is 0.900. The molecule has 5 nitrogen and oxygen atoms in total. The maximum atomic E-state index is 12.2. The Bertz CT molecular complexity index is 531. The molecule has 1 heterocycles. The standard InChI is InChI=1S/C15H17NO4/c17-13(18)11-3-5-12(6-4-11)16-10-9-15(20-14(16)19)7-1-2-8-15/h3-6H,1-2,7-10H2,(H,17,18). The summed E-state index contributed by atoms with van der Waals surface area (Å²) in [5.74, 6) is -0.970. The zero-order chi connectivity index (χ0) is 14.2. The average molecular weight is 275 g/mol. The zero-order valence-electron chi connectivity index (χ0n) is 11.2. The first-order valence-corrected chi connectivity index (χ1v) is 6.94. The van der Waals surface area contributed by atoms with Crippen LogP contribution in [0.2, 0.25) is 0 Å². The van der Waals surface area contributed by atoms with Gasteiger partial charge in [-0.1, -0.05) is 0 Å². The summed E-state index contributed by atoms with van der Waals surface area (Å²) in [6.07, 6.45) is 4.71. The molecule has 106 valence electrons. The lowest BCUT2D eigenvalue weighted by atomic mass is 9.96. The molecule has 5 heteroatoms. The van der Waals surface area contributed by atoms with Crippen molar-refractivity contribution in [3.05, 3.63) is 29.8 Å². The highest BCUT2D eigenvalue weighted by Crippen LogP contribution is 2.39. The molecule has 1 aromatic carbocycles. The van der Waals surface area contributed by atoms with Crippen molar-refractivity contribution in [3.8, 4) is 0 Å². The molecule has 3 rings (SSSR count). The van der Waals surface area contributed by atoms with Gasteiger partial charge in [-0.2, -0.15) is 0 Å².